The maximum Gasteiger partial charge on any atom is 0.294 e. The number of carbonyl (C=O) groups excluding carboxylic acids is 2. The Hall–Kier alpha value is -3.69. The van der Waals surface area contributed by atoms with Crippen LogP contribution in [0.15, 0.2) is 53.3 Å². The molecular weight excluding hydrogens is 537 g/mol. The summed E-state index contributed by atoms with van der Waals surface area (Å²) in [6, 6.07) is 13.6. The molecule has 2 aromatic carbocycles. The molecule has 0 N–H and O–H groups in total. The largest absolute Gasteiger partial charge is 0.490 e. The van der Waals surface area contributed by atoms with Gasteiger partial charge in [0.1, 0.15) is 11.5 Å². The molecule has 1 aromatic heterocycles. The molecule has 0 radical (unpaired) electrons. The number of aromatic nitrogens is 1. The van der Waals surface area contributed by atoms with Gasteiger partial charge in [-0.05, 0) is 42.5 Å². The van der Waals surface area contributed by atoms with Crippen LogP contribution in [0.25, 0.3) is 0 Å². The van der Waals surface area contributed by atoms with E-state index in [1.807, 2.05) is 30.3 Å². The zero-order chi connectivity index (χ0) is 28.4. The lowest BCUT2D eigenvalue weighted by Gasteiger charge is -2.35. The van der Waals surface area contributed by atoms with Crippen LogP contribution in [0.2, 0.25) is 5.02 Å². The minimum atomic E-state index is -0.543. The van der Waals surface area contributed by atoms with Gasteiger partial charge in [0.2, 0.25) is 0 Å². The Bertz CT molecular complexity index is 1490. The first-order chi connectivity index (χ1) is 19.3. The summed E-state index contributed by atoms with van der Waals surface area (Å²) in [4.78, 5) is 44.6. The number of hydrogen-bond donors (Lipinski definition) is 0. The third kappa shape index (κ3) is 5.36. The van der Waals surface area contributed by atoms with Crippen LogP contribution in [0.4, 0.5) is 4.39 Å². The molecule has 0 aliphatic carbocycles. The second-order valence-corrected chi connectivity index (χ2v) is 10.6. The van der Waals surface area contributed by atoms with Crippen molar-refractivity contribution in [1.29, 1.82) is 0 Å². The van der Waals surface area contributed by atoms with E-state index in [2.05, 4.69) is 0 Å². The molecule has 0 unspecified atom stereocenters. The van der Waals surface area contributed by atoms with Crippen LogP contribution in [0.1, 0.15) is 56.4 Å². The first-order valence-corrected chi connectivity index (χ1v) is 13.6. The normalized spacial score (nSPS) is 17.2. The Kier molecular flexibility index (Phi) is 8.23. The summed E-state index contributed by atoms with van der Waals surface area (Å²) < 4.78 is 26.7. The van der Waals surface area contributed by atoms with Crippen LogP contribution >= 0.6 is 11.6 Å². The number of rotatable bonds is 7. The number of hydrogen-bond acceptors (Lipinski definition) is 5. The molecule has 10 heteroatoms. The zero-order valence-corrected chi connectivity index (χ0v) is 23.2. The summed E-state index contributed by atoms with van der Waals surface area (Å²) in [6.07, 6.45) is 1.66. The lowest BCUT2D eigenvalue weighted by molar-refractivity contribution is 0.0655. The van der Waals surface area contributed by atoms with Gasteiger partial charge in [0, 0.05) is 32.2 Å². The van der Waals surface area contributed by atoms with Crippen molar-refractivity contribution in [2.45, 2.75) is 38.5 Å². The second-order valence-electron chi connectivity index (χ2n) is 10.2. The molecule has 8 nitrogen and oxygen atoms in total. The molecule has 210 valence electrons. The summed E-state index contributed by atoms with van der Waals surface area (Å²) in [5, 5.41) is -0.0336. The summed E-state index contributed by atoms with van der Waals surface area (Å²) in [6.45, 7) is 1.60. The molecule has 2 aliphatic heterocycles. The van der Waals surface area contributed by atoms with E-state index in [0.29, 0.717) is 50.1 Å². The van der Waals surface area contributed by atoms with Crippen LogP contribution < -0.4 is 10.3 Å². The van der Waals surface area contributed by atoms with Gasteiger partial charge in [-0.15, -0.1) is 0 Å². The van der Waals surface area contributed by atoms with Gasteiger partial charge in [-0.25, -0.2) is 4.39 Å². The standard InChI is InChI=1S/C30H31ClFN3O5/c1-33-13-6-9-21(18-40-17-19-7-4-3-5-8-19)35-26(29(33)37)22-12-14-34(16-20-10-11-24(32)23(31)15-20)28(36)25(22)27(39-2)30(35)38/h3-5,7-8,10-11,15,21H,6,9,12-14,16-18H2,1-2H3/t21-/m1/s1. The Labute approximate surface area is 236 Å². The molecule has 2 aliphatic rings. The molecule has 0 bridgehead atoms. The lowest BCUT2D eigenvalue weighted by Crippen LogP contribution is -2.45. The number of methoxy groups -OCH3 is 1. The fourth-order valence-electron chi connectivity index (χ4n) is 5.49. The van der Waals surface area contributed by atoms with Gasteiger partial charge in [0.25, 0.3) is 17.4 Å². The van der Waals surface area contributed by atoms with Crippen LogP contribution in [-0.2, 0) is 24.3 Å². The molecule has 0 spiro atoms. The highest BCUT2D eigenvalue weighted by Crippen LogP contribution is 2.33. The highest BCUT2D eigenvalue weighted by molar-refractivity contribution is 6.30. The van der Waals surface area contributed by atoms with Crippen molar-refractivity contribution in [2.75, 3.05) is 33.9 Å². The zero-order valence-electron chi connectivity index (χ0n) is 22.5. The quantitative estimate of drug-likeness (QED) is 0.421. The lowest BCUT2D eigenvalue weighted by atomic mass is 9.93. The van der Waals surface area contributed by atoms with Crippen LogP contribution in [0.5, 0.6) is 5.75 Å². The summed E-state index contributed by atoms with van der Waals surface area (Å²) in [5.74, 6) is -1.36. The third-order valence-corrected chi connectivity index (χ3v) is 7.82. The van der Waals surface area contributed by atoms with E-state index in [-0.39, 0.29) is 41.1 Å². The second kappa shape index (κ2) is 11.8. The Morgan fingerprint density at radius 3 is 2.52 bits per heavy atom. The topological polar surface area (TPSA) is 81.1 Å². The van der Waals surface area contributed by atoms with Crippen molar-refractivity contribution in [3.8, 4) is 5.75 Å². The molecule has 1 atom stereocenters. The minimum Gasteiger partial charge on any atom is -0.490 e. The average molecular weight is 568 g/mol. The summed E-state index contributed by atoms with van der Waals surface area (Å²) in [5.41, 5.74) is 1.94. The molecule has 3 heterocycles. The number of benzene rings is 2. The van der Waals surface area contributed by atoms with Crippen molar-refractivity contribution < 1.29 is 23.5 Å². The number of amides is 2. The van der Waals surface area contributed by atoms with E-state index in [1.165, 1.54) is 23.8 Å². The third-order valence-electron chi connectivity index (χ3n) is 7.53. The van der Waals surface area contributed by atoms with Gasteiger partial charge in [-0.1, -0.05) is 48.0 Å². The number of carbonyl (C=O) groups is 2. The number of nitrogens with zero attached hydrogens (tertiary/aromatic N) is 3. The number of ether oxygens (including phenoxy) is 2. The molecule has 2 amide bonds. The fourth-order valence-corrected chi connectivity index (χ4v) is 5.70. The predicted molar refractivity (Wildman–Crippen MR) is 148 cm³/mol. The number of halogens is 2. The average Bonchev–Trinajstić information content (AvgIpc) is 2.95. The van der Waals surface area contributed by atoms with Crippen molar-refractivity contribution in [3.05, 3.63) is 97.7 Å². The van der Waals surface area contributed by atoms with Crippen molar-refractivity contribution >= 4 is 23.4 Å². The highest BCUT2D eigenvalue weighted by atomic mass is 35.5. The maximum atomic E-state index is 14.0. The van der Waals surface area contributed by atoms with E-state index in [1.54, 1.807) is 22.9 Å². The van der Waals surface area contributed by atoms with Crippen molar-refractivity contribution in [1.82, 2.24) is 14.4 Å². The maximum absolute atomic E-state index is 14.0. The molecule has 5 rings (SSSR count). The van der Waals surface area contributed by atoms with Crippen molar-refractivity contribution in [3.63, 3.8) is 0 Å². The number of pyridine rings is 1. The molecule has 40 heavy (non-hydrogen) atoms. The molecule has 3 aromatic rings. The minimum absolute atomic E-state index is 0.0336. The smallest absolute Gasteiger partial charge is 0.294 e. The Morgan fingerprint density at radius 2 is 1.80 bits per heavy atom. The number of fused-ring (bicyclic) bond motifs is 3. The first-order valence-electron chi connectivity index (χ1n) is 13.3. The summed E-state index contributed by atoms with van der Waals surface area (Å²) >= 11 is 5.95. The summed E-state index contributed by atoms with van der Waals surface area (Å²) in [7, 11) is 3.06. The van der Waals surface area contributed by atoms with E-state index < -0.39 is 23.3 Å². The Morgan fingerprint density at radius 1 is 1.02 bits per heavy atom. The van der Waals surface area contributed by atoms with Gasteiger partial charge in [0.05, 0.1) is 37.0 Å². The predicted octanol–water partition coefficient (Wildman–Crippen LogP) is 4.47. The van der Waals surface area contributed by atoms with Gasteiger partial charge in [-0.3, -0.25) is 19.0 Å². The van der Waals surface area contributed by atoms with Gasteiger partial charge in [-0.2, -0.15) is 0 Å². The molecular formula is C30H31ClFN3O5. The van der Waals surface area contributed by atoms with Crippen LogP contribution in [0, 0.1) is 5.82 Å². The van der Waals surface area contributed by atoms with E-state index in [4.69, 9.17) is 21.1 Å². The van der Waals surface area contributed by atoms with Crippen molar-refractivity contribution in [2.24, 2.45) is 0 Å². The van der Waals surface area contributed by atoms with Crippen LogP contribution in [-0.4, -0.2) is 60.0 Å². The van der Waals surface area contributed by atoms with Gasteiger partial charge < -0.3 is 19.3 Å². The molecule has 0 saturated heterocycles. The van der Waals surface area contributed by atoms with Crippen LogP contribution in [0.3, 0.4) is 0 Å². The van der Waals surface area contributed by atoms with E-state index >= 15 is 0 Å². The van der Waals surface area contributed by atoms with Gasteiger partial charge >= 0.3 is 0 Å². The highest BCUT2D eigenvalue weighted by Gasteiger charge is 2.38. The van der Waals surface area contributed by atoms with E-state index in [9.17, 15) is 18.8 Å². The molecule has 0 saturated carbocycles. The van der Waals surface area contributed by atoms with Gasteiger partial charge in [0.15, 0.2) is 5.75 Å². The van der Waals surface area contributed by atoms with E-state index in [0.717, 1.165) is 5.56 Å². The fraction of sp³-hybridized carbons (Fsp3) is 0.367. The Balaban J connectivity index is 1.54. The first kappa shape index (κ1) is 27.9. The SMILES string of the molecule is COc1c2c(c3n(c1=O)[C@@H](COCc1ccccc1)CCCN(C)C3=O)CCN(Cc1ccc(F)c(Cl)c1)C2=O. The molecule has 0 fully saturated rings. The monoisotopic (exact) mass is 567 g/mol.